The first-order valence-corrected chi connectivity index (χ1v) is 17.8. The molecule has 0 saturated carbocycles. The highest BCUT2D eigenvalue weighted by atomic mass is 16.5. The van der Waals surface area contributed by atoms with Crippen LogP contribution >= 0.6 is 0 Å². The SMILES string of the molecule is CC(C)(C)CCCN1CC(CN2CCN(C(C)(C)C)CC2)C1C1C(COc2cnc(C(C)(C)C)cn2)CN1CCOC(C)(C)C. The molecule has 0 aliphatic carbocycles. The molecule has 4 rings (SSSR count). The maximum absolute atomic E-state index is 6.36. The summed E-state index contributed by atoms with van der Waals surface area (Å²) in [5.74, 6) is 1.80. The summed E-state index contributed by atoms with van der Waals surface area (Å²) in [6, 6.07) is 1.02. The number of rotatable bonds is 12. The Labute approximate surface area is 276 Å². The lowest BCUT2D eigenvalue weighted by atomic mass is 9.72. The van der Waals surface area contributed by atoms with Gasteiger partial charge in [0.2, 0.25) is 5.88 Å². The lowest BCUT2D eigenvalue weighted by Gasteiger charge is -2.62. The van der Waals surface area contributed by atoms with E-state index in [4.69, 9.17) is 9.47 Å². The molecular formula is C37H68N6O2. The molecule has 3 saturated heterocycles. The molecule has 4 atom stereocenters. The average molecular weight is 629 g/mol. The van der Waals surface area contributed by atoms with Crippen LogP contribution in [0.15, 0.2) is 12.4 Å². The summed E-state index contributed by atoms with van der Waals surface area (Å²) < 4.78 is 12.6. The predicted octanol–water partition coefficient (Wildman–Crippen LogP) is 5.81. The van der Waals surface area contributed by atoms with Crippen LogP contribution in [0.3, 0.4) is 0 Å². The van der Waals surface area contributed by atoms with Gasteiger partial charge in [-0.25, -0.2) is 4.98 Å². The molecule has 0 radical (unpaired) electrons. The van der Waals surface area contributed by atoms with E-state index in [0.717, 1.165) is 25.4 Å². The number of hydrogen-bond acceptors (Lipinski definition) is 8. The molecule has 0 N–H and O–H groups in total. The zero-order chi connectivity index (χ0) is 33.2. The molecule has 3 fully saturated rings. The van der Waals surface area contributed by atoms with Gasteiger partial charge in [-0.2, -0.15) is 0 Å². The van der Waals surface area contributed by atoms with Crippen LogP contribution in [0.5, 0.6) is 5.88 Å². The minimum atomic E-state index is -0.117. The molecule has 8 heteroatoms. The quantitative estimate of drug-likeness (QED) is 0.288. The van der Waals surface area contributed by atoms with Gasteiger partial charge in [0.15, 0.2) is 0 Å². The molecule has 0 aromatic carbocycles. The largest absolute Gasteiger partial charge is 0.476 e. The van der Waals surface area contributed by atoms with E-state index in [0.29, 0.717) is 41.8 Å². The molecule has 0 bridgehead atoms. The van der Waals surface area contributed by atoms with Gasteiger partial charge in [0, 0.05) is 87.2 Å². The predicted molar refractivity (Wildman–Crippen MR) is 186 cm³/mol. The summed E-state index contributed by atoms with van der Waals surface area (Å²) >= 11 is 0. The number of piperazine rings is 1. The molecule has 1 aromatic heterocycles. The molecule has 3 aliphatic heterocycles. The fraction of sp³-hybridized carbons (Fsp3) is 0.892. The highest BCUT2D eigenvalue weighted by Crippen LogP contribution is 2.40. The molecular weight excluding hydrogens is 560 g/mol. The summed E-state index contributed by atoms with van der Waals surface area (Å²) in [5, 5.41) is 0. The van der Waals surface area contributed by atoms with Gasteiger partial charge < -0.3 is 14.4 Å². The molecule has 45 heavy (non-hydrogen) atoms. The minimum Gasteiger partial charge on any atom is -0.476 e. The first-order valence-electron chi connectivity index (χ1n) is 17.8. The first-order chi connectivity index (χ1) is 20.8. The number of hydrogen-bond donors (Lipinski definition) is 0. The average Bonchev–Trinajstić information content (AvgIpc) is 2.90. The summed E-state index contributed by atoms with van der Waals surface area (Å²) in [7, 11) is 0. The maximum atomic E-state index is 6.36. The fourth-order valence-electron chi connectivity index (χ4n) is 7.35. The van der Waals surface area contributed by atoms with Crippen molar-refractivity contribution in [2.45, 2.75) is 125 Å². The van der Waals surface area contributed by atoms with E-state index >= 15 is 0 Å². The number of nitrogens with zero attached hydrogens (tertiary/aromatic N) is 6. The van der Waals surface area contributed by atoms with Gasteiger partial charge in [0.25, 0.3) is 0 Å². The molecule has 0 spiro atoms. The monoisotopic (exact) mass is 629 g/mol. The van der Waals surface area contributed by atoms with Gasteiger partial charge >= 0.3 is 0 Å². The first kappa shape index (κ1) is 36.5. The molecule has 3 aliphatic rings. The van der Waals surface area contributed by atoms with Crippen LogP contribution in [-0.4, -0.2) is 125 Å². The van der Waals surface area contributed by atoms with E-state index in [-0.39, 0.29) is 16.6 Å². The van der Waals surface area contributed by atoms with Crippen LogP contribution in [-0.2, 0) is 10.2 Å². The van der Waals surface area contributed by atoms with Crippen molar-refractivity contribution in [3.05, 3.63) is 18.1 Å². The molecule has 8 nitrogen and oxygen atoms in total. The second-order valence-corrected chi connectivity index (χ2v) is 18.4. The molecule has 1 aromatic rings. The van der Waals surface area contributed by atoms with Crippen LogP contribution in [0.2, 0.25) is 0 Å². The Bertz CT molecular complexity index is 1040. The van der Waals surface area contributed by atoms with Gasteiger partial charge in [-0.15, -0.1) is 0 Å². The van der Waals surface area contributed by atoms with Crippen molar-refractivity contribution in [3.8, 4) is 5.88 Å². The van der Waals surface area contributed by atoms with Crippen molar-refractivity contribution in [2.75, 3.05) is 72.1 Å². The van der Waals surface area contributed by atoms with E-state index in [9.17, 15) is 0 Å². The Kier molecular flexibility index (Phi) is 11.7. The van der Waals surface area contributed by atoms with Crippen molar-refractivity contribution in [3.63, 3.8) is 0 Å². The number of ether oxygens (including phenoxy) is 2. The summed E-state index contributed by atoms with van der Waals surface area (Å²) in [6.45, 7) is 38.9. The lowest BCUT2D eigenvalue weighted by molar-refractivity contribution is -0.138. The third-order valence-electron chi connectivity index (χ3n) is 10.0. The van der Waals surface area contributed by atoms with Crippen molar-refractivity contribution in [2.24, 2.45) is 17.3 Å². The van der Waals surface area contributed by atoms with Crippen LogP contribution in [0, 0.1) is 17.3 Å². The van der Waals surface area contributed by atoms with Crippen LogP contribution in [0.4, 0.5) is 0 Å². The summed E-state index contributed by atoms with van der Waals surface area (Å²) in [6.07, 6.45) is 6.21. The van der Waals surface area contributed by atoms with Gasteiger partial charge in [0.1, 0.15) is 0 Å². The Morgan fingerprint density at radius 3 is 1.93 bits per heavy atom. The van der Waals surface area contributed by atoms with E-state index in [1.165, 1.54) is 58.7 Å². The number of aromatic nitrogens is 2. The Morgan fingerprint density at radius 2 is 1.38 bits per heavy atom. The topological polar surface area (TPSA) is 57.2 Å². The van der Waals surface area contributed by atoms with Gasteiger partial charge in [0.05, 0.1) is 36.9 Å². The van der Waals surface area contributed by atoms with Crippen LogP contribution in [0.25, 0.3) is 0 Å². The lowest BCUT2D eigenvalue weighted by Crippen LogP contribution is -2.75. The van der Waals surface area contributed by atoms with E-state index in [1.54, 1.807) is 0 Å². The van der Waals surface area contributed by atoms with Crippen molar-refractivity contribution >= 4 is 0 Å². The summed E-state index contributed by atoms with van der Waals surface area (Å²) in [5.41, 5.74) is 1.48. The molecule has 4 heterocycles. The van der Waals surface area contributed by atoms with E-state index in [1.807, 2.05) is 12.4 Å². The zero-order valence-electron chi connectivity index (χ0n) is 31.2. The maximum Gasteiger partial charge on any atom is 0.232 e. The van der Waals surface area contributed by atoms with Crippen molar-refractivity contribution < 1.29 is 9.47 Å². The Morgan fingerprint density at radius 1 is 0.756 bits per heavy atom. The van der Waals surface area contributed by atoms with Gasteiger partial charge in [-0.05, 0) is 66.3 Å². The fourth-order valence-corrected chi connectivity index (χ4v) is 7.35. The van der Waals surface area contributed by atoms with Crippen molar-refractivity contribution in [1.82, 2.24) is 29.6 Å². The minimum absolute atomic E-state index is 0.0186. The zero-order valence-corrected chi connectivity index (χ0v) is 31.2. The van der Waals surface area contributed by atoms with E-state index in [2.05, 4.69) is 113 Å². The second-order valence-electron chi connectivity index (χ2n) is 18.4. The summed E-state index contributed by atoms with van der Waals surface area (Å²) in [4.78, 5) is 20.2. The van der Waals surface area contributed by atoms with E-state index < -0.39 is 0 Å². The normalized spacial score (nSPS) is 26.5. The standard InChI is InChI=1S/C37H68N6O2/c1-34(2,3)14-13-15-41-25-28(24-40-16-18-43(19-17-40)36(7,8)9)32(41)33-29(26-42(33)20-21-45-37(10,11)12)27-44-31-23-38-30(22-39-31)35(4,5)6/h22-23,28-29,32-33H,13-21,24-27H2,1-12H3. The number of likely N-dealkylation sites (tertiary alicyclic amines) is 2. The highest BCUT2D eigenvalue weighted by Gasteiger charge is 2.53. The molecule has 0 amide bonds. The van der Waals surface area contributed by atoms with Gasteiger partial charge in [-0.3, -0.25) is 19.7 Å². The smallest absolute Gasteiger partial charge is 0.232 e. The van der Waals surface area contributed by atoms with Crippen LogP contribution < -0.4 is 4.74 Å². The molecule has 258 valence electrons. The molecule has 4 unspecified atom stereocenters. The van der Waals surface area contributed by atoms with Gasteiger partial charge in [-0.1, -0.05) is 41.5 Å². The Hall–Kier alpha value is -1.32. The Balaban J connectivity index is 1.46. The third kappa shape index (κ3) is 10.6. The second kappa shape index (κ2) is 14.4. The highest BCUT2D eigenvalue weighted by molar-refractivity contribution is 5.14. The third-order valence-corrected chi connectivity index (χ3v) is 10.0. The van der Waals surface area contributed by atoms with Crippen LogP contribution in [0.1, 0.15) is 102 Å². The van der Waals surface area contributed by atoms with Crippen molar-refractivity contribution in [1.29, 1.82) is 0 Å².